The Morgan fingerprint density at radius 2 is 2.20 bits per heavy atom. The Morgan fingerprint density at radius 1 is 1.33 bits per heavy atom. The zero-order chi connectivity index (χ0) is 10.7. The third kappa shape index (κ3) is 2.15. The minimum Gasteiger partial charge on any atom is -0.328 e. The Kier molecular flexibility index (Phi) is 2.97. The third-order valence-electron chi connectivity index (χ3n) is 2.00. The molecule has 0 N–H and O–H groups in total. The Hall–Kier alpha value is -1.42. The number of aryl methyl sites for hydroxylation is 1. The molecule has 2 rings (SSSR count). The normalized spacial score (nSPS) is 10.5. The van der Waals surface area contributed by atoms with Gasteiger partial charge >= 0.3 is 0 Å². The summed E-state index contributed by atoms with van der Waals surface area (Å²) in [5.41, 5.74) is 0. The molecule has 0 atom stereocenters. The van der Waals surface area contributed by atoms with E-state index in [0.29, 0.717) is 11.0 Å². The van der Waals surface area contributed by atoms with Gasteiger partial charge in [-0.15, -0.1) is 0 Å². The average molecular weight is 223 g/mol. The summed E-state index contributed by atoms with van der Waals surface area (Å²) in [4.78, 5) is 12.5. The Bertz CT molecular complexity index is 452. The lowest BCUT2D eigenvalue weighted by molar-refractivity contribution is 0.682. The molecule has 15 heavy (non-hydrogen) atoms. The minimum atomic E-state index is 0.436. The first-order valence-electron chi connectivity index (χ1n) is 4.81. The Labute approximate surface area is 93.0 Å². The van der Waals surface area contributed by atoms with Crippen LogP contribution in [-0.4, -0.2) is 19.5 Å². The molecule has 0 aliphatic rings. The first-order chi connectivity index (χ1) is 7.31. The summed E-state index contributed by atoms with van der Waals surface area (Å²) in [5.74, 6) is 1.33. The maximum absolute atomic E-state index is 5.80. The fourth-order valence-corrected chi connectivity index (χ4v) is 1.52. The molecule has 0 aromatic carbocycles. The summed E-state index contributed by atoms with van der Waals surface area (Å²) in [6.07, 6.45) is 6.35. The molecule has 0 saturated heterocycles. The highest BCUT2D eigenvalue weighted by Crippen LogP contribution is 2.14. The van der Waals surface area contributed by atoms with E-state index in [0.717, 1.165) is 18.8 Å². The number of imidazole rings is 1. The smallest absolute Gasteiger partial charge is 0.197 e. The molecule has 4 nitrogen and oxygen atoms in total. The van der Waals surface area contributed by atoms with E-state index >= 15 is 0 Å². The van der Waals surface area contributed by atoms with Crippen LogP contribution in [0.1, 0.15) is 13.3 Å². The second kappa shape index (κ2) is 4.40. The molecule has 2 aromatic rings. The van der Waals surface area contributed by atoms with Crippen molar-refractivity contribution in [3.05, 3.63) is 29.8 Å². The van der Waals surface area contributed by atoms with E-state index in [4.69, 9.17) is 11.6 Å². The van der Waals surface area contributed by atoms with Crippen molar-refractivity contribution in [1.82, 2.24) is 19.5 Å². The van der Waals surface area contributed by atoms with Crippen molar-refractivity contribution in [1.29, 1.82) is 0 Å². The van der Waals surface area contributed by atoms with Crippen LogP contribution < -0.4 is 0 Å². The standard InChI is InChI=1S/C10H11ClN4/c1-2-6-15-7-5-13-10(15)9-12-4-3-8(11)14-9/h3-5,7H,2,6H2,1H3. The van der Waals surface area contributed by atoms with Crippen molar-refractivity contribution in [2.24, 2.45) is 0 Å². The van der Waals surface area contributed by atoms with E-state index < -0.39 is 0 Å². The van der Waals surface area contributed by atoms with Crippen molar-refractivity contribution in [3.8, 4) is 11.6 Å². The van der Waals surface area contributed by atoms with Crippen molar-refractivity contribution in [2.45, 2.75) is 19.9 Å². The molecule has 0 aliphatic heterocycles. The van der Waals surface area contributed by atoms with Crippen molar-refractivity contribution >= 4 is 11.6 Å². The van der Waals surface area contributed by atoms with Crippen LogP contribution in [0.3, 0.4) is 0 Å². The van der Waals surface area contributed by atoms with Crippen LogP contribution >= 0.6 is 11.6 Å². The summed E-state index contributed by atoms with van der Waals surface area (Å²) in [6, 6.07) is 1.65. The predicted octanol–water partition coefficient (Wildman–Crippen LogP) is 2.40. The summed E-state index contributed by atoms with van der Waals surface area (Å²) in [5, 5.41) is 0.436. The SMILES string of the molecule is CCCn1ccnc1-c1nccc(Cl)n1. The summed E-state index contributed by atoms with van der Waals surface area (Å²) < 4.78 is 2.02. The lowest BCUT2D eigenvalue weighted by Crippen LogP contribution is -2.01. The fraction of sp³-hybridized carbons (Fsp3) is 0.300. The van der Waals surface area contributed by atoms with Gasteiger partial charge in [0.25, 0.3) is 0 Å². The second-order valence-electron chi connectivity index (χ2n) is 3.15. The van der Waals surface area contributed by atoms with Crippen LogP contribution in [0.4, 0.5) is 0 Å². The molecule has 5 heteroatoms. The number of hydrogen-bond acceptors (Lipinski definition) is 3. The Balaban J connectivity index is 2.40. The highest BCUT2D eigenvalue weighted by Gasteiger charge is 2.08. The zero-order valence-corrected chi connectivity index (χ0v) is 9.15. The van der Waals surface area contributed by atoms with Gasteiger partial charge in [0, 0.05) is 25.1 Å². The highest BCUT2D eigenvalue weighted by molar-refractivity contribution is 6.29. The summed E-state index contributed by atoms with van der Waals surface area (Å²) in [6.45, 7) is 3.02. The van der Waals surface area contributed by atoms with E-state index in [2.05, 4.69) is 21.9 Å². The van der Waals surface area contributed by atoms with E-state index in [1.54, 1.807) is 18.5 Å². The monoisotopic (exact) mass is 222 g/mol. The molecule has 2 aromatic heterocycles. The van der Waals surface area contributed by atoms with Gasteiger partial charge in [-0.3, -0.25) is 0 Å². The van der Waals surface area contributed by atoms with Gasteiger partial charge in [0.05, 0.1) is 0 Å². The van der Waals surface area contributed by atoms with Gasteiger partial charge in [-0.2, -0.15) is 0 Å². The number of rotatable bonds is 3. The van der Waals surface area contributed by atoms with Gasteiger partial charge in [0.15, 0.2) is 11.6 Å². The van der Waals surface area contributed by atoms with Gasteiger partial charge in [-0.1, -0.05) is 18.5 Å². The molecular formula is C10H11ClN4. The molecule has 0 fully saturated rings. The molecule has 0 bridgehead atoms. The summed E-state index contributed by atoms with van der Waals surface area (Å²) >= 11 is 5.80. The fourth-order valence-electron chi connectivity index (χ4n) is 1.38. The third-order valence-corrected chi connectivity index (χ3v) is 2.21. The van der Waals surface area contributed by atoms with Crippen molar-refractivity contribution in [3.63, 3.8) is 0 Å². The first-order valence-corrected chi connectivity index (χ1v) is 5.19. The van der Waals surface area contributed by atoms with Crippen LogP contribution in [0, 0.1) is 0 Å². The van der Waals surface area contributed by atoms with Crippen molar-refractivity contribution < 1.29 is 0 Å². The van der Waals surface area contributed by atoms with Crippen LogP contribution in [0.5, 0.6) is 0 Å². The number of hydrogen-bond donors (Lipinski definition) is 0. The molecule has 0 radical (unpaired) electrons. The topological polar surface area (TPSA) is 43.6 Å². The van der Waals surface area contributed by atoms with E-state index in [1.807, 2.05) is 10.8 Å². The number of halogens is 1. The first kappa shape index (κ1) is 10.1. The molecule has 0 aliphatic carbocycles. The minimum absolute atomic E-state index is 0.436. The molecular weight excluding hydrogens is 212 g/mol. The van der Waals surface area contributed by atoms with Crippen LogP contribution in [0.2, 0.25) is 5.15 Å². The average Bonchev–Trinajstić information content (AvgIpc) is 2.66. The van der Waals surface area contributed by atoms with Crippen LogP contribution in [0.25, 0.3) is 11.6 Å². The van der Waals surface area contributed by atoms with E-state index in [9.17, 15) is 0 Å². The lowest BCUT2D eigenvalue weighted by atomic mass is 10.4. The number of aromatic nitrogens is 4. The predicted molar refractivity (Wildman–Crippen MR) is 58.6 cm³/mol. The van der Waals surface area contributed by atoms with Crippen LogP contribution in [-0.2, 0) is 6.54 Å². The quantitative estimate of drug-likeness (QED) is 0.749. The summed E-state index contributed by atoms with van der Waals surface area (Å²) in [7, 11) is 0. The van der Waals surface area contributed by atoms with Gasteiger partial charge in [-0.05, 0) is 12.5 Å². The maximum atomic E-state index is 5.80. The molecule has 78 valence electrons. The second-order valence-corrected chi connectivity index (χ2v) is 3.53. The van der Waals surface area contributed by atoms with Gasteiger partial charge < -0.3 is 4.57 Å². The molecule has 0 amide bonds. The van der Waals surface area contributed by atoms with Gasteiger partial charge in [-0.25, -0.2) is 15.0 Å². The van der Waals surface area contributed by atoms with Crippen LogP contribution in [0.15, 0.2) is 24.7 Å². The highest BCUT2D eigenvalue weighted by atomic mass is 35.5. The molecule has 0 unspecified atom stereocenters. The lowest BCUT2D eigenvalue weighted by Gasteiger charge is -2.04. The zero-order valence-electron chi connectivity index (χ0n) is 8.39. The largest absolute Gasteiger partial charge is 0.328 e. The van der Waals surface area contributed by atoms with Gasteiger partial charge in [0.1, 0.15) is 5.15 Å². The van der Waals surface area contributed by atoms with E-state index in [1.165, 1.54) is 0 Å². The van der Waals surface area contributed by atoms with Gasteiger partial charge in [0.2, 0.25) is 0 Å². The number of nitrogens with zero attached hydrogens (tertiary/aromatic N) is 4. The molecule has 0 spiro atoms. The maximum Gasteiger partial charge on any atom is 0.197 e. The van der Waals surface area contributed by atoms with E-state index in [-0.39, 0.29) is 0 Å². The van der Waals surface area contributed by atoms with Crippen molar-refractivity contribution in [2.75, 3.05) is 0 Å². The Morgan fingerprint density at radius 3 is 2.93 bits per heavy atom. The molecule has 0 saturated carbocycles. The molecule has 2 heterocycles.